The van der Waals surface area contributed by atoms with Crippen molar-refractivity contribution in [1.82, 2.24) is 25.2 Å². The van der Waals surface area contributed by atoms with Crippen molar-refractivity contribution in [3.05, 3.63) is 42.6 Å². The lowest BCUT2D eigenvalue weighted by Crippen LogP contribution is -2.40. The Kier molecular flexibility index (Phi) is 8.02. The van der Waals surface area contributed by atoms with Crippen molar-refractivity contribution in [3.8, 4) is 5.82 Å². The Morgan fingerprint density at radius 3 is 2.96 bits per heavy atom. The Morgan fingerprint density at radius 1 is 1.39 bits per heavy atom. The van der Waals surface area contributed by atoms with Gasteiger partial charge in [0.25, 0.3) is 0 Å². The zero-order valence-corrected chi connectivity index (χ0v) is 14.3. The Bertz CT molecular complexity index is 600. The highest BCUT2D eigenvalue weighted by Gasteiger charge is 2.20. The number of aromatic nitrogens is 3. The van der Waals surface area contributed by atoms with Crippen LogP contribution in [0.3, 0.4) is 0 Å². The average molecular weight is 358 g/mol. The van der Waals surface area contributed by atoms with Gasteiger partial charge in [0.2, 0.25) is 5.91 Å². The van der Waals surface area contributed by atoms with E-state index in [-0.39, 0.29) is 36.6 Å². The van der Waals surface area contributed by atoms with Gasteiger partial charge in [0, 0.05) is 37.2 Å². The first-order valence-electron chi connectivity index (χ1n) is 7.25. The van der Waals surface area contributed by atoms with Crippen molar-refractivity contribution in [2.45, 2.75) is 19.4 Å². The van der Waals surface area contributed by atoms with E-state index in [9.17, 15) is 4.79 Å². The largest absolute Gasteiger partial charge is 0.352 e. The normalized spacial score (nSPS) is 16.8. The fourth-order valence-electron chi connectivity index (χ4n) is 2.59. The lowest BCUT2D eigenvalue weighted by Gasteiger charge is -2.22. The summed E-state index contributed by atoms with van der Waals surface area (Å²) in [4.78, 5) is 20.6. The van der Waals surface area contributed by atoms with Crippen molar-refractivity contribution in [3.63, 3.8) is 0 Å². The fraction of sp³-hybridized carbons (Fsp3) is 0.400. The van der Waals surface area contributed by atoms with Gasteiger partial charge in [0.1, 0.15) is 12.1 Å². The van der Waals surface area contributed by atoms with Crippen LogP contribution in [-0.2, 0) is 11.3 Å². The van der Waals surface area contributed by atoms with Crippen LogP contribution in [0.4, 0.5) is 0 Å². The number of halogens is 2. The molecular weight excluding hydrogens is 337 g/mol. The first-order chi connectivity index (χ1) is 10.3. The summed E-state index contributed by atoms with van der Waals surface area (Å²) in [6.07, 6.45) is 9.03. The smallest absolute Gasteiger partial charge is 0.224 e. The molecule has 0 aromatic carbocycles. The van der Waals surface area contributed by atoms with Crippen LogP contribution in [-0.4, -0.2) is 33.5 Å². The summed E-state index contributed by atoms with van der Waals surface area (Å²) >= 11 is 0. The van der Waals surface area contributed by atoms with Crippen LogP contribution in [0.15, 0.2) is 37.1 Å². The van der Waals surface area contributed by atoms with Gasteiger partial charge in [-0.25, -0.2) is 9.97 Å². The van der Waals surface area contributed by atoms with Gasteiger partial charge in [-0.3, -0.25) is 9.36 Å². The molecule has 1 unspecified atom stereocenters. The molecule has 2 aromatic rings. The van der Waals surface area contributed by atoms with E-state index in [1.807, 2.05) is 22.9 Å². The average Bonchev–Trinajstić information content (AvgIpc) is 3.08. The fourth-order valence-corrected chi connectivity index (χ4v) is 2.59. The number of hydrogen-bond donors (Lipinski definition) is 2. The van der Waals surface area contributed by atoms with E-state index in [1.165, 1.54) is 0 Å². The number of imidazole rings is 1. The predicted octanol–water partition coefficient (Wildman–Crippen LogP) is 1.73. The summed E-state index contributed by atoms with van der Waals surface area (Å²) in [5, 5.41) is 6.28. The number of amides is 1. The van der Waals surface area contributed by atoms with E-state index in [4.69, 9.17) is 0 Å². The number of carbonyl (C=O) groups excluding carboxylic acids is 1. The monoisotopic (exact) mass is 357 g/mol. The van der Waals surface area contributed by atoms with Crippen LogP contribution in [0.2, 0.25) is 0 Å². The molecule has 1 atom stereocenters. The highest BCUT2D eigenvalue weighted by molar-refractivity contribution is 5.85. The molecule has 3 rings (SSSR count). The molecule has 2 N–H and O–H groups in total. The number of hydrogen-bond acceptors (Lipinski definition) is 4. The summed E-state index contributed by atoms with van der Waals surface area (Å²) in [6, 6.07) is 3.85. The number of nitrogens with zero attached hydrogens (tertiary/aromatic N) is 3. The minimum Gasteiger partial charge on any atom is -0.352 e. The lowest BCUT2D eigenvalue weighted by molar-refractivity contribution is -0.125. The molecule has 1 amide bonds. The van der Waals surface area contributed by atoms with Crippen molar-refractivity contribution in [2.24, 2.45) is 5.92 Å². The summed E-state index contributed by atoms with van der Waals surface area (Å²) in [5.41, 5.74) is 0.979. The van der Waals surface area contributed by atoms with E-state index in [2.05, 4.69) is 20.6 Å². The number of piperidine rings is 1. The molecule has 1 fully saturated rings. The molecule has 1 aliphatic heterocycles. The van der Waals surface area contributed by atoms with Crippen LogP contribution in [0.1, 0.15) is 18.4 Å². The summed E-state index contributed by atoms with van der Waals surface area (Å²) in [6.45, 7) is 2.26. The number of rotatable bonds is 4. The molecule has 0 saturated carbocycles. The molecule has 0 aliphatic carbocycles. The molecule has 6 nitrogen and oxygen atoms in total. The summed E-state index contributed by atoms with van der Waals surface area (Å²) in [5.74, 6) is 0.992. The van der Waals surface area contributed by atoms with Crippen molar-refractivity contribution in [2.75, 3.05) is 13.1 Å². The van der Waals surface area contributed by atoms with Gasteiger partial charge in [0.15, 0.2) is 0 Å². The molecule has 23 heavy (non-hydrogen) atoms. The van der Waals surface area contributed by atoms with E-state index < -0.39 is 0 Å². The standard InChI is InChI=1S/C15H19N5O.2ClH/c21-15(13-4-1-5-16-9-13)19-10-12-3-2-6-18-14(12)20-8-7-17-11-20;;/h2-3,6-8,11,13,16H,1,4-5,9-10H2,(H,19,21);2*1H. The quantitative estimate of drug-likeness (QED) is 0.873. The molecule has 0 bridgehead atoms. The second kappa shape index (κ2) is 9.50. The Hall–Kier alpha value is -1.63. The number of pyridine rings is 1. The Balaban J connectivity index is 0.00000132. The molecule has 2 aromatic heterocycles. The van der Waals surface area contributed by atoms with Gasteiger partial charge in [-0.05, 0) is 25.5 Å². The number of carbonyl (C=O) groups is 1. The molecule has 3 heterocycles. The predicted molar refractivity (Wildman–Crippen MR) is 93.3 cm³/mol. The minimum atomic E-state index is 0. The molecule has 8 heteroatoms. The van der Waals surface area contributed by atoms with Gasteiger partial charge < -0.3 is 10.6 Å². The van der Waals surface area contributed by atoms with Crippen LogP contribution < -0.4 is 10.6 Å². The maximum absolute atomic E-state index is 12.2. The van der Waals surface area contributed by atoms with Gasteiger partial charge >= 0.3 is 0 Å². The maximum atomic E-state index is 12.2. The van der Waals surface area contributed by atoms with Crippen molar-refractivity contribution >= 4 is 30.7 Å². The second-order valence-corrected chi connectivity index (χ2v) is 5.22. The molecule has 126 valence electrons. The van der Waals surface area contributed by atoms with Crippen LogP contribution >= 0.6 is 24.8 Å². The Labute approximate surface area is 147 Å². The van der Waals surface area contributed by atoms with Gasteiger partial charge in [0.05, 0.1) is 5.92 Å². The maximum Gasteiger partial charge on any atom is 0.224 e. The second-order valence-electron chi connectivity index (χ2n) is 5.22. The van der Waals surface area contributed by atoms with Crippen LogP contribution in [0.25, 0.3) is 5.82 Å². The van der Waals surface area contributed by atoms with E-state index in [0.29, 0.717) is 6.54 Å². The van der Waals surface area contributed by atoms with Crippen molar-refractivity contribution < 1.29 is 4.79 Å². The minimum absolute atomic E-state index is 0. The van der Waals surface area contributed by atoms with Gasteiger partial charge in [-0.1, -0.05) is 6.07 Å². The van der Waals surface area contributed by atoms with E-state index >= 15 is 0 Å². The lowest BCUT2D eigenvalue weighted by atomic mass is 9.99. The van der Waals surface area contributed by atoms with E-state index in [0.717, 1.165) is 37.3 Å². The SMILES string of the molecule is Cl.Cl.O=C(NCc1cccnc1-n1ccnc1)C1CCCNC1. The first-order valence-corrected chi connectivity index (χ1v) is 7.25. The van der Waals surface area contributed by atoms with Gasteiger partial charge in [-0.15, -0.1) is 24.8 Å². The molecule has 0 spiro atoms. The Morgan fingerprint density at radius 2 is 2.26 bits per heavy atom. The molecular formula is C15H21Cl2N5O. The summed E-state index contributed by atoms with van der Waals surface area (Å²) in [7, 11) is 0. The zero-order chi connectivity index (χ0) is 14.5. The van der Waals surface area contributed by atoms with Gasteiger partial charge in [-0.2, -0.15) is 0 Å². The van der Waals surface area contributed by atoms with Crippen molar-refractivity contribution in [1.29, 1.82) is 0 Å². The van der Waals surface area contributed by atoms with E-state index in [1.54, 1.807) is 18.7 Å². The van der Waals surface area contributed by atoms with Crippen LogP contribution in [0.5, 0.6) is 0 Å². The molecule has 1 aliphatic rings. The topological polar surface area (TPSA) is 71.8 Å². The molecule has 1 saturated heterocycles. The third-order valence-corrected chi connectivity index (χ3v) is 3.74. The number of nitrogens with one attached hydrogen (secondary N) is 2. The third-order valence-electron chi connectivity index (χ3n) is 3.74. The highest BCUT2D eigenvalue weighted by atomic mass is 35.5. The first kappa shape index (κ1) is 19.4. The zero-order valence-electron chi connectivity index (χ0n) is 12.6. The highest BCUT2D eigenvalue weighted by Crippen LogP contribution is 2.13. The third kappa shape index (κ3) is 4.92. The summed E-state index contributed by atoms with van der Waals surface area (Å²) < 4.78 is 1.85. The molecule has 0 radical (unpaired) electrons. The van der Waals surface area contributed by atoms with Crippen LogP contribution in [0, 0.1) is 5.92 Å².